The molecule has 21 heavy (non-hydrogen) atoms. The van der Waals surface area contributed by atoms with E-state index in [1.165, 1.54) is 27.9 Å². The van der Waals surface area contributed by atoms with Gasteiger partial charge in [0.2, 0.25) is 0 Å². The van der Waals surface area contributed by atoms with Gasteiger partial charge in [-0.25, -0.2) is 0 Å². The molecule has 0 unspecified atom stereocenters. The van der Waals surface area contributed by atoms with Gasteiger partial charge in [0.15, 0.2) is 0 Å². The number of hydrogen-bond acceptors (Lipinski definition) is 0. The Labute approximate surface area is 132 Å². The zero-order chi connectivity index (χ0) is 16.2. The third kappa shape index (κ3) is 4.88. The molecule has 0 atom stereocenters. The molecule has 0 aliphatic heterocycles. The van der Waals surface area contributed by atoms with E-state index in [1.54, 1.807) is 0 Å². The Morgan fingerprint density at radius 1 is 1.33 bits per heavy atom. The van der Waals surface area contributed by atoms with Gasteiger partial charge in [0.05, 0.1) is 0 Å². The molecule has 0 saturated carbocycles. The molecule has 0 amide bonds. The van der Waals surface area contributed by atoms with Crippen molar-refractivity contribution >= 4 is 0 Å². The average Bonchev–Trinajstić information content (AvgIpc) is 2.36. The lowest BCUT2D eigenvalue weighted by Gasteiger charge is -2.34. The van der Waals surface area contributed by atoms with E-state index in [0.717, 1.165) is 19.3 Å². The summed E-state index contributed by atoms with van der Waals surface area (Å²) in [7, 11) is 0. The van der Waals surface area contributed by atoms with Crippen LogP contribution in [0.1, 0.15) is 60.8 Å². The van der Waals surface area contributed by atoms with Crippen molar-refractivity contribution in [3.63, 3.8) is 0 Å². The summed E-state index contributed by atoms with van der Waals surface area (Å²) < 4.78 is 0. The smallest absolute Gasteiger partial charge is 0.00979 e. The fourth-order valence-corrected chi connectivity index (χ4v) is 2.71. The number of hydrogen-bond donors (Lipinski definition) is 0. The van der Waals surface area contributed by atoms with E-state index in [1.807, 2.05) is 0 Å². The highest BCUT2D eigenvalue weighted by molar-refractivity contribution is 5.51. The van der Waals surface area contributed by atoms with Crippen molar-refractivity contribution in [3.05, 3.63) is 59.3 Å². The lowest BCUT2D eigenvalue weighted by molar-refractivity contribution is 0.434. The summed E-state index contributed by atoms with van der Waals surface area (Å²) in [5.41, 5.74) is 6.83. The first kappa shape index (κ1) is 17.8. The van der Waals surface area contributed by atoms with Crippen LogP contribution in [0.3, 0.4) is 0 Å². The van der Waals surface area contributed by atoms with Crippen molar-refractivity contribution in [2.45, 2.75) is 60.8 Å². The van der Waals surface area contributed by atoms with Crippen LogP contribution in [0.5, 0.6) is 0 Å². The van der Waals surface area contributed by atoms with Gasteiger partial charge in [-0.2, -0.15) is 0 Å². The SMILES string of the molecule is C=C(C)C1=CC(C(=C)CCC=CC(C)C)=C(C)C(C)(C)C1. The van der Waals surface area contributed by atoms with Gasteiger partial charge in [0.25, 0.3) is 0 Å². The lowest BCUT2D eigenvalue weighted by Crippen LogP contribution is -2.20. The third-order valence-corrected chi connectivity index (χ3v) is 4.43. The molecule has 0 radical (unpaired) electrons. The molecule has 0 saturated heterocycles. The third-order valence-electron chi connectivity index (χ3n) is 4.43. The fraction of sp³-hybridized carbons (Fsp3) is 0.524. The maximum Gasteiger partial charge on any atom is -0.00979 e. The van der Waals surface area contributed by atoms with Crippen LogP contribution in [-0.4, -0.2) is 0 Å². The monoisotopic (exact) mass is 284 g/mol. The van der Waals surface area contributed by atoms with Gasteiger partial charge in [-0.05, 0) is 61.2 Å². The largest absolute Gasteiger partial charge is 0.0958 e. The minimum atomic E-state index is 0.203. The Bertz CT molecular complexity index is 504. The molecule has 0 aromatic carbocycles. The highest BCUT2D eigenvalue weighted by atomic mass is 14.3. The zero-order valence-corrected chi connectivity index (χ0v) is 14.8. The molecule has 0 bridgehead atoms. The van der Waals surface area contributed by atoms with Crippen LogP contribution in [0, 0.1) is 11.3 Å². The molecule has 0 nitrogen and oxygen atoms in total. The molecule has 1 rings (SSSR count). The molecule has 1 aliphatic rings. The van der Waals surface area contributed by atoms with Crippen LogP contribution in [0.4, 0.5) is 0 Å². The van der Waals surface area contributed by atoms with Crippen molar-refractivity contribution in [3.8, 4) is 0 Å². The van der Waals surface area contributed by atoms with E-state index in [-0.39, 0.29) is 5.41 Å². The molecule has 0 aromatic heterocycles. The van der Waals surface area contributed by atoms with E-state index in [0.29, 0.717) is 5.92 Å². The summed E-state index contributed by atoms with van der Waals surface area (Å²) in [4.78, 5) is 0. The molecule has 0 N–H and O–H groups in total. The normalized spacial score (nSPS) is 18.3. The van der Waals surface area contributed by atoms with Gasteiger partial charge in [-0.3, -0.25) is 0 Å². The van der Waals surface area contributed by atoms with Crippen molar-refractivity contribution in [1.29, 1.82) is 0 Å². The molecular formula is C21H32. The highest BCUT2D eigenvalue weighted by Crippen LogP contribution is 2.43. The average molecular weight is 284 g/mol. The first-order valence-corrected chi connectivity index (χ1v) is 8.07. The summed E-state index contributed by atoms with van der Waals surface area (Å²) in [6.07, 6.45) is 10.1. The molecule has 0 heterocycles. The maximum atomic E-state index is 4.34. The van der Waals surface area contributed by atoms with Crippen molar-refractivity contribution in [1.82, 2.24) is 0 Å². The molecule has 1 aliphatic carbocycles. The Morgan fingerprint density at radius 3 is 2.48 bits per heavy atom. The van der Waals surface area contributed by atoms with Crippen LogP contribution in [0.15, 0.2) is 59.3 Å². The Hall–Kier alpha value is -1.30. The van der Waals surface area contributed by atoms with Crippen molar-refractivity contribution < 1.29 is 0 Å². The number of allylic oxidation sites excluding steroid dienone is 8. The standard InChI is InChI=1S/C21H32/c1-15(2)11-9-10-12-17(5)20-13-19(16(3)4)14-21(7,8)18(20)6/h9,11,13,15H,3,5,10,12,14H2,1-2,4,6-8H3. The van der Waals surface area contributed by atoms with Gasteiger partial charge >= 0.3 is 0 Å². The molecule has 0 aromatic rings. The first-order valence-electron chi connectivity index (χ1n) is 8.07. The fourth-order valence-electron chi connectivity index (χ4n) is 2.71. The Balaban J connectivity index is 2.92. The molecule has 116 valence electrons. The summed E-state index contributed by atoms with van der Waals surface area (Å²) in [5, 5.41) is 0. The summed E-state index contributed by atoms with van der Waals surface area (Å²) in [5.74, 6) is 0.628. The summed E-state index contributed by atoms with van der Waals surface area (Å²) in [6.45, 7) is 21.9. The quantitative estimate of drug-likeness (QED) is 0.471. The van der Waals surface area contributed by atoms with E-state index < -0.39 is 0 Å². The molecule has 0 spiro atoms. The van der Waals surface area contributed by atoms with Gasteiger partial charge in [0.1, 0.15) is 0 Å². The van der Waals surface area contributed by atoms with Gasteiger partial charge in [0, 0.05) is 0 Å². The zero-order valence-electron chi connectivity index (χ0n) is 14.8. The second-order valence-corrected chi connectivity index (χ2v) is 7.36. The molecule has 0 heteroatoms. The van der Waals surface area contributed by atoms with Gasteiger partial charge in [-0.1, -0.05) is 70.2 Å². The van der Waals surface area contributed by atoms with E-state index >= 15 is 0 Å². The van der Waals surface area contributed by atoms with Crippen LogP contribution in [0.25, 0.3) is 0 Å². The minimum absolute atomic E-state index is 0.203. The minimum Gasteiger partial charge on any atom is -0.0958 e. The van der Waals surface area contributed by atoms with Gasteiger partial charge in [-0.15, -0.1) is 0 Å². The predicted molar refractivity (Wildman–Crippen MR) is 96.3 cm³/mol. The second-order valence-electron chi connectivity index (χ2n) is 7.36. The maximum absolute atomic E-state index is 4.34. The Kier molecular flexibility index (Phi) is 6.01. The van der Waals surface area contributed by atoms with E-state index in [2.05, 4.69) is 72.9 Å². The Morgan fingerprint density at radius 2 is 1.95 bits per heavy atom. The van der Waals surface area contributed by atoms with E-state index in [4.69, 9.17) is 0 Å². The number of rotatable bonds is 6. The van der Waals surface area contributed by atoms with Crippen molar-refractivity contribution in [2.75, 3.05) is 0 Å². The van der Waals surface area contributed by atoms with Crippen molar-refractivity contribution in [2.24, 2.45) is 11.3 Å². The van der Waals surface area contributed by atoms with Crippen LogP contribution < -0.4 is 0 Å². The van der Waals surface area contributed by atoms with E-state index in [9.17, 15) is 0 Å². The molecule has 0 fully saturated rings. The predicted octanol–water partition coefficient (Wildman–Crippen LogP) is 6.78. The first-order chi connectivity index (χ1) is 9.65. The van der Waals surface area contributed by atoms with Crippen LogP contribution >= 0.6 is 0 Å². The van der Waals surface area contributed by atoms with Crippen LogP contribution in [0.2, 0.25) is 0 Å². The topological polar surface area (TPSA) is 0 Å². The van der Waals surface area contributed by atoms with Crippen LogP contribution in [-0.2, 0) is 0 Å². The van der Waals surface area contributed by atoms with Gasteiger partial charge < -0.3 is 0 Å². The summed E-state index contributed by atoms with van der Waals surface area (Å²) >= 11 is 0. The summed E-state index contributed by atoms with van der Waals surface area (Å²) in [6, 6.07) is 0. The second kappa shape index (κ2) is 7.11. The highest BCUT2D eigenvalue weighted by Gasteiger charge is 2.28. The molecular weight excluding hydrogens is 252 g/mol. The lowest BCUT2D eigenvalue weighted by atomic mass is 9.71.